The number of amides is 4. The smallest absolute Gasteiger partial charge is 0.416 e. The van der Waals surface area contributed by atoms with E-state index in [4.69, 9.17) is 4.74 Å². The molecule has 0 atom stereocenters. The topological polar surface area (TPSA) is 119 Å². The number of benzene rings is 3. The minimum atomic E-state index is -4.79. The van der Waals surface area contributed by atoms with Gasteiger partial charge in [0.25, 0.3) is 11.8 Å². The van der Waals surface area contributed by atoms with Crippen LogP contribution in [0.3, 0.4) is 0 Å². The van der Waals surface area contributed by atoms with Crippen LogP contribution in [0, 0.1) is 15.9 Å². The third-order valence-corrected chi connectivity index (χ3v) is 5.78. The number of nitro groups is 1. The van der Waals surface area contributed by atoms with Crippen LogP contribution in [0.5, 0.6) is 11.5 Å². The van der Waals surface area contributed by atoms with Crippen molar-refractivity contribution in [1.82, 2.24) is 5.32 Å². The molecule has 1 aliphatic rings. The summed E-state index contributed by atoms with van der Waals surface area (Å²) in [5, 5.41) is 13.3. The summed E-state index contributed by atoms with van der Waals surface area (Å²) in [6, 6.07) is 9.25. The van der Waals surface area contributed by atoms with Gasteiger partial charge in [-0.15, -0.1) is 0 Å². The zero-order valence-electron chi connectivity index (χ0n) is 18.6. The van der Waals surface area contributed by atoms with Crippen LogP contribution in [0.2, 0.25) is 0 Å². The van der Waals surface area contributed by atoms with Crippen LogP contribution in [0.1, 0.15) is 11.1 Å². The molecule has 9 nitrogen and oxygen atoms in total. The summed E-state index contributed by atoms with van der Waals surface area (Å²) < 4.78 is 57.7. The van der Waals surface area contributed by atoms with Gasteiger partial charge >= 0.3 is 17.9 Å². The molecular formula is C24H12BrF4N3O6. The molecule has 1 fully saturated rings. The van der Waals surface area contributed by atoms with E-state index >= 15 is 0 Å². The van der Waals surface area contributed by atoms with Gasteiger partial charge in [-0.2, -0.15) is 13.2 Å². The number of hydrogen-bond donors (Lipinski definition) is 1. The van der Waals surface area contributed by atoms with E-state index in [-0.39, 0.29) is 21.5 Å². The van der Waals surface area contributed by atoms with Crippen molar-refractivity contribution in [3.63, 3.8) is 0 Å². The molecule has 14 heteroatoms. The second-order valence-corrected chi connectivity index (χ2v) is 8.52. The highest BCUT2D eigenvalue weighted by Gasteiger charge is 2.37. The Morgan fingerprint density at radius 3 is 2.24 bits per heavy atom. The summed E-state index contributed by atoms with van der Waals surface area (Å²) in [6.45, 7) is 0. The molecule has 0 aliphatic carbocycles. The molecule has 0 radical (unpaired) electrons. The lowest BCUT2D eigenvalue weighted by Gasteiger charge is -2.26. The predicted octanol–water partition coefficient (Wildman–Crippen LogP) is 5.97. The third kappa shape index (κ3) is 5.39. The molecule has 1 N–H and O–H groups in total. The number of imide groups is 2. The summed E-state index contributed by atoms with van der Waals surface area (Å²) in [5.41, 5.74) is -2.27. The van der Waals surface area contributed by atoms with Gasteiger partial charge in [0.15, 0.2) is 0 Å². The third-order valence-electron chi connectivity index (χ3n) is 5.16. The van der Waals surface area contributed by atoms with E-state index in [0.29, 0.717) is 17.0 Å². The SMILES string of the molecule is O=C1NC(=O)N(c2ccc(F)cc2)C(=O)/C1=C/c1ccc(Oc2ccc(C(F)(F)F)cc2[N+](=O)[O-])c(Br)c1. The summed E-state index contributed by atoms with van der Waals surface area (Å²) in [6.07, 6.45) is -3.63. The lowest BCUT2D eigenvalue weighted by atomic mass is 10.1. The highest BCUT2D eigenvalue weighted by atomic mass is 79.9. The van der Waals surface area contributed by atoms with Crippen LogP contribution in [0.25, 0.3) is 6.08 Å². The quantitative estimate of drug-likeness (QED) is 0.128. The van der Waals surface area contributed by atoms with E-state index in [9.17, 15) is 42.1 Å². The average Bonchev–Trinajstić information content (AvgIpc) is 2.84. The highest BCUT2D eigenvalue weighted by molar-refractivity contribution is 9.10. The zero-order valence-corrected chi connectivity index (χ0v) is 20.2. The van der Waals surface area contributed by atoms with E-state index in [1.807, 2.05) is 5.32 Å². The van der Waals surface area contributed by atoms with Crippen molar-refractivity contribution in [3.05, 3.63) is 97.8 Å². The Balaban J connectivity index is 1.63. The molecule has 4 amide bonds. The van der Waals surface area contributed by atoms with E-state index in [1.54, 1.807) is 0 Å². The Morgan fingerprint density at radius 1 is 0.974 bits per heavy atom. The summed E-state index contributed by atoms with van der Waals surface area (Å²) in [5.74, 6) is -3.01. The first-order valence-electron chi connectivity index (χ1n) is 10.3. The number of carbonyl (C=O) groups excluding carboxylic acids is 3. The highest BCUT2D eigenvalue weighted by Crippen LogP contribution is 2.39. The Hall–Kier alpha value is -4.59. The number of alkyl halides is 3. The molecular weight excluding hydrogens is 582 g/mol. The molecule has 3 aromatic rings. The number of nitrogens with one attached hydrogen (secondary N) is 1. The van der Waals surface area contributed by atoms with Crippen molar-refractivity contribution in [2.45, 2.75) is 6.18 Å². The van der Waals surface area contributed by atoms with Crippen LogP contribution in [0.4, 0.5) is 33.7 Å². The van der Waals surface area contributed by atoms with Crippen LogP contribution < -0.4 is 15.0 Å². The number of halogens is 5. The van der Waals surface area contributed by atoms with E-state index < -0.39 is 57.3 Å². The Labute approximate surface area is 218 Å². The molecule has 3 aromatic carbocycles. The van der Waals surface area contributed by atoms with Crippen molar-refractivity contribution < 1.29 is 41.6 Å². The van der Waals surface area contributed by atoms with Gasteiger partial charge in [0.05, 0.1) is 20.6 Å². The van der Waals surface area contributed by atoms with Gasteiger partial charge in [-0.1, -0.05) is 6.07 Å². The number of rotatable bonds is 5. The Bertz CT molecular complexity index is 1520. The maximum atomic E-state index is 13.2. The molecule has 194 valence electrons. The molecule has 4 rings (SSSR count). The van der Waals surface area contributed by atoms with E-state index in [1.165, 1.54) is 30.3 Å². The van der Waals surface area contributed by atoms with Crippen LogP contribution in [-0.4, -0.2) is 22.8 Å². The molecule has 38 heavy (non-hydrogen) atoms. The van der Waals surface area contributed by atoms with Crippen LogP contribution in [-0.2, 0) is 15.8 Å². The van der Waals surface area contributed by atoms with Gasteiger partial charge in [-0.3, -0.25) is 25.0 Å². The lowest BCUT2D eigenvalue weighted by molar-refractivity contribution is -0.385. The van der Waals surface area contributed by atoms with Crippen LogP contribution >= 0.6 is 15.9 Å². The second-order valence-electron chi connectivity index (χ2n) is 7.66. The molecule has 0 aromatic heterocycles. The fourth-order valence-electron chi connectivity index (χ4n) is 3.38. The molecule has 0 unspecified atom stereocenters. The minimum absolute atomic E-state index is 0.0162. The van der Waals surface area contributed by atoms with Crippen molar-refractivity contribution in [1.29, 1.82) is 0 Å². The van der Waals surface area contributed by atoms with Crippen molar-refractivity contribution in [2.24, 2.45) is 0 Å². The standard InChI is InChI=1S/C24H12BrF4N3O6/c25-17-10-12(1-7-19(17)38-20-8-2-13(24(27,28)29)11-18(20)32(36)37)9-16-21(33)30-23(35)31(22(16)34)15-5-3-14(26)4-6-15/h1-11H,(H,30,33,35)/b16-9+. The van der Waals surface area contributed by atoms with Gasteiger partial charge in [0.1, 0.15) is 17.1 Å². The van der Waals surface area contributed by atoms with Gasteiger partial charge in [0.2, 0.25) is 5.75 Å². The van der Waals surface area contributed by atoms with Gasteiger partial charge in [-0.25, -0.2) is 14.1 Å². The van der Waals surface area contributed by atoms with Gasteiger partial charge in [0, 0.05) is 6.07 Å². The van der Waals surface area contributed by atoms with Crippen molar-refractivity contribution in [2.75, 3.05) is 4.90 Å². The maximum absolute atomic E-state index is 13.2. The molecule has 0 spiro atoms. The number of nitrogens with zero attached hydrogens (tertiary/aromatic N) is 2. The molecule has 1 heterocycles. The number of ether oxygens (including phenoxy) is 1. The second kappa shape index (κ2) is 10.0. The zero-order chi connectivity index (χ0) is 27.8. The molecule has 0 saturated carbocycles. The number of barbiturate groups is 1. The molecule has 1 aliphatic heterocycles. The maximum Gasteiger partial charge on any atom is 0.416 e. The number of hydrogen-bond acceptors (Lipinski definition) is 6. The normalized spacial score (nSPS) is 15.0. The summed E-state index contributed by atoms with van der Waals surface area (Å²) in [7, 11) is 0. The monoisotopic (exact) mass is 593 g/mol. The van der Waals surface area contributed by atoms with Crippen molar-refractivity contribution >= 4 is 51.2 Å². The van der Waals surface area contributed by atoms with Gasteiger partial charge < -0.3 is 4.74 Å². The van der Waals surface area contributed by atoms with Crippen LogP contribution in [0.15, 0.2) is 70.7 Å². The molecule has 1 saturated heterocycles. The average molecular weight is 594 g/mol. The number of carbonyl (C=O) groups is 3. The predicted molar refractivity (Wildman–Crippen MR) is 128 cm³/mol. The number of anilines is 1. The number of urea groups is 1. The summed E-state index contributed by atoms with van der Waals surface area (Å²) in [4.78, 5) is 48.5. The molecule has 0 bridgehead atoms. The first kappa shape index (κ1) is 26.5. The van der Waals surface area contributed by atoms with E-state index in [2.05, 4.69) is 15.9 Å². The fraction of sp³-hybridized carbons (Fsp3) is 0.0417. The fourth-order valence-corrected chi connectivity index (χ4v) is 3.86. The summed E-state index contributed by atoms with van der Waals surface area (Å²) >= 11 is 3.18. The first-order chi connectivity index (χ1) is 17.8. The lowest BCUT2D eigenvalue weighted by Crippen LogP contribution is -2.54. The minimum Gasteiger partial charge on any atom is -0.449 e. The largest absolute Gasteiger partial charge is 0.449 e. The van der Waals surface area contributed by atoms with Gasteiger partial charge in [-0.05, 0) is 76.1 Å². The van der Waals surface area contributed by atoms with Crippen molar-refractivity contribution in [3.8, 4) is 11.5 Å². The Morgan fingerprint density at radius 2 is 1.63 bits per heavy atom. The first-order valence-corrected chi connectivity index (χ1v) is 11.1. The van der Waals surface area contributed by atoms with E-state index in [0.717, 1.165) is 24.3 Å². The number of nitro benzene ring substituents is 1. The Kier molecular flexibility index (Phi) is 7.00.